The zero-order valence-corrected chi connectivity index (χ0v) is 22.2. The minimum absolute atomic E-state index is 0.0931. The van der Waals surface area contributed by atoms with Gasteiger partial charge in [0.1, 0.15) is 12.6 Å². The van der Waals surface area contributed by atoms with E-state index in [1.54, 1.807) is 0 Å². The summed E-state index contributed by atoms with van der Waals surface area (Å²) >= 11 is 0. The standard InChI is InChI=1S/C26H40N4O3Si/c1-32-24(31)15-23(16-29-18-26(19-29)8-9-27-17-26)21-6-5-7-22(14-21)25-28-10-11-30(25)20-33-12-13-34(2,3)4/h5-7,10-11,14,23,27H,8-9,12-13,15-20H2,1-4H3/t23-/m1/s1. The molecule has 2 aliphatic heterocycles. The zero-order valence-electron chi connectivity index (χ0n) is 21.2. The van der Waals surface area contributed by atoms with Gasteiger partial charge in [-0.05, 0) is 30.6 Å². The number of hydrogen-bond donors (Lipinski definition) is 1. The molecule has 8 heteroatoms. The summed E-state index contributed by atoms with van der Waals surface area (Å²) in [5.74, 6) is 0.826. The molecule has 2 aromatic rings. The molecule has 1 atom stereocenters. The van der Waals surface area contributed by atoms with Crippen LogP contribution in [0.3, 0.4) is 0 Å². The van der Waals surface area contributed by atoms with Crippen LogP contribution in [-0.4, -0.2) is 74.9 Å². The first-order valence-corrected chi connectivity index (χ1v) is 16.2. The van der Waals surface area contributed by atoms with Gasteiger partial charge in [-0.3, -0.25) is 4.79 Å². The fourth-order valence-electron chi connectivity index (χ4n) is 5.13. The fraction of sp³-hybridized carbons (Fsp3) is 0.615. The number of carbonyl (C=O) groups is 1. The first-order valence-electron chi connectivity index (χ1n) is 12.5. The molecule has 4 rings (SSSR count). The predicted molar refractivity (Wildman–Crippen MR) is 138 cm³/mol. The summed E-state index contributed by atoms with van der Waals surface area (Å²) in [7, 11) is 0.358. The van der Waals surface area contributed by atoms with Crippen LogP contribution in [0.1, 0.15) is 24.3 Å². The normalized spacial score (nSPS) is 18.7. The number of nitrogens with one attached hydrogen (secondary N) is 1. The molecule has 0 aliphatic carbocycles. The molecule has 0 saturated carbocycles. The Morgan fingerprint density at radius 2 is 2.12 bits per heavy atom. The minimum atomic E-state index is -1.11. The number of aromatic nitrogens is 2. The molecule has 0 unspecified atom stereocenters. The van der Waals surface area contributed by atoms with Crippen molar-refractivity contribution in [3.63, 3.8) is 0 Å². The highest BCUT2D eigenvalue weighted by Crippen LogP contribution is 2.38. The quantitative estimate of drug-likeness (QED) is 0.297. The SMILES string of the molecule is COC(=O)C[C@H](CN1CC2(CCNC2)C1)c1cccc(-c2nccn2COCC[Si](C)(C)C)c1. The average molecular weight is 485 g/mol. The second-order valence-corrected chi connectivity index (χ2v) is 16.9. The summed E-state index contributed by atoms with van der Waals surface area (Å²) in [5, 5.41) is 3.50. The van der Waals surface area contributed by atoms with Gasteiger partial charge in [-0.2, -0.15) is 0 Å². The average Bonchev–Trinajstić information content (AvgIpc) is 3.45. The van der Waals surface area contributed by atoms with Crippen molar-refractivity contribution in [1.82, 2.24) is 19.8 Å². The molecular formula is C26H40N4O3Si. The number of likely N-dealkylation sites (tertiary alicyclic amines) is 1. The highest BCUT2D eigenvalue weighted by atomic mass is 28.3. The predicted octanol–water partition coefficient (Wildman–Crippen LogP) is 3.80. The lowest BCUT2D eigenvalue weighted by atomic mass is 9.78. The lowest BCUT2D eigenvalue weighted by Gasteiger charge is -2.49. The van der Waals surface area contributed by atoms with E-state index >= 15 is 0 Å². The topological polar surface area (TPSA) is 68.6 Å². The van der Waals surface area contributed by atoms with Gasteiger partial charge >= 0.3 is 5.97 Å². The van der Waals surface area contributed by atoms with Crippen LogP contribution in [0.2, 0.25) is 25.7 Å². The van der Waals surface area contributed by atoms with Gasteiger partial charge in [-0.25, -0.2) is 4.98 Å². The van der Waals surface area contributed by atoms with Gasteiger partial charge < -0.3 is 24.3 Å². The van der Waals surface area contributed by atoms with E-state index < -0.39 is 8.07 Å². The van der Waals surface area contributed by atoms with Crippen LogP contribution in [0.5, 0.6) is 0 Å². The summed E-state index contributed by atoms with van der Waals surface area (Å²) in [6, 6.07) is 9.61. The highest BCUT2D eigenvalue weighted by Gasteiger charge is 2.45. The van der Waals surface area contributed by atoms with Crippen molar-refractivity contribution in [2.45, 2.75) is 51.2 Å². The van der Waals surface area contributed by atoms with Gasteiger partial charge in [0.2, 0.25) is 0 Å². The smallest absolute Gasteiger partial charge is 0.306 e. The molecule has 3 heterocycles. The third-order valence-electron chi connectivity index (χ3n) is 7.13. The second kappa shape index (κ2) is 10.7. The summed E-state index contributed by atoms with van der Waals surface area (Å²) in [6.07, 6.45) is 5.43. The summed E-state index contributed by atoms with van der Waals surface area (Å²) in [4.78, 5) is 19.3. The molecular weight excluding hydrogens is 444 g/mol. The summed E-state index contributed by atoms with van der Waals surface area (Å²) < 4.78 is 13.1. The van der Waals surface area contributed by atoms with Crippen LogP contribution in [0.25, 0.3) is 11.4 Å². The van der Waals surface area contributed by atoms with E-state index in [9.17, 15) is 4.79 Å². The Morgan fingerprint density at radius 3 is 2.82 bits per heavy atom. The van der Waals surface area contributed by atoms with Crippen LogP contribution in [0.4, 0.5) is 0 Å². The first kappa shape index (κ1) is 25.1. The van der Waals surface area contributed by atoms with Gasteiger partial charge in [0.25, 0.3) is 0 Å². The van der Waals surface area contributed by atoms with Crippen LogP contribution in [-0.2, 0) is 21.0 Å². The van der Waals surface area contributed by atoms with Crippen LogP contribution in [0.15, 0.2) is 36.7 Å². The number of methoxy groups -OCH3 is 1. The molecule has 7 nitrogen and oxygen atoms in total. The summed E-state index contributed by atoms with van der Waals surface area (Å²) in [6.45, 7) is 13.7. The number of rotatable bonds is 11. The Hall–Kier alpha value is -2.00. The van der Waals surface area contributed by atoms with E-state index in [1.807, 2.05) is 12.4 Å². The number of hydrogen-bond acceptors (Lipinski definition) is 6. The van der Waals surface area contributed by atoms with Gasteiger partial charge in [0.15, 0.2) is 0 Å². The molecule has 2 fully saturated rings. The maximum atomic E-state index is 12.2. The number of imidazole rings is 1. The third-order valence-corrected chi connectivity index (χ3v) is 8.83. The number of nitrogens with zero attached hydrogens (tertiary/aromatic N) is 3. The van der Waals surface area contributed by atoms with Gasteiger partial charge in [0.05, 0.1) is 13.5 Å². The lowest BCUT2D eigenvalue weighted by molar-refractivity contribution is -0.141. The third kappa shape index (κ3) is 6.36. The van der Waals surface area contributed by atoms with Crippen molar-refractivity contribution < 1.29 is 14.3 Å². The molecule has 186 valence electrons. The van der Waals surface area contributed by atoms with E-state index in [2.05, 4.69) is 63.7 Å². The van der Waals surface area contributed by atoms with E-state index in [-0.39, 0.29) is 11.9 Å². The molecule has 34 heavy (non-hydrogen) atoms. The molecule has 0 bridgehead atoms. The van der Waals surface area contributed by atoms with E-state index in [4.69, 9.17) is 9.47 Å². The largest absolute Gasteiger partial charge is 0.469 e. The monoisotopic (exact) mass is 484 g/mol. The van der Waals surface area contributed by atoms with Crippen LogP contribution < -0.4 is 5.32 Å². The molecule has 0 radical (unpaired) electrons. The maximum absolute atomic E-state index is 12.2. The zero-order chi connectivity index (χ0) is 24.2. The van der Waals surface area contributed by atoms with Crippen LogP contribution >= 0.6 is 0 Å². The van der Waals surface area contributed by atoms with Crippen molar-refractivity contribution in [2.75, 3.05) is 46.4 Å². The van der Waals surface area contributed by atoms with Crippen molar-refractivity contribution in [3.8, 4) is 11.4 Å². The van der Waals surface area contributed by atoms with Crippen LogP contribution in [0, 0.1) is 5.41 Å². The molecule has 1 N–H and O–H groups in total. The first-order chi connectivity index (χ1) is 16.3. The van der Waals surface area contributed by atoms with Crippen molar-refractivity contribution in [3.05, 3.63) is 42.2 Å². The second-order valence-electron chi connectivity index (χ2n) is 11.3. The maximum Gasteiger partial charge on any atom is 0.306 e. The number of esters is 1. The van der Waals surface area contributed by atoms with Gasteiger partial charge in [-0.1, -0.05) is 37.8 Å². The Labute approximate surface area is 204 Å². The van der Waals surface area contributed by atoms with E-state index in [0.29, 0.717) is 18.6 Å². The lowest BCUT2D eigenvalue weighted by Crippen LogP contribution is -2.58. The fourth-order valence-corrected chi connectivity index (χ4v) is 5.88. The molecule has 0 amide bonds. The molecule has 1 spiro atoms. The number of carbonyl (C=O) groups excluding carboxylic acids is 1. The Balaban J connectivity index is 1.45. The Morgan fingerprint density at radius 1 is 1.29 bits per heavy atom. The molecule has 1 aromatic heterocycles. The van der Waals surface area contributed by atoms with Crippen molar-refractivity contribution in [1.29, 1.82) is 0 Å². The molecule has 2 aliphatic rings. The van der Waals surface area contributed by atoms with E-state index in [1.165, 1.54) is 13.5 Å². The minimum Gasteiger partial charge on any atom is -0.469 e. The van der Waals surface area contributed by atoms with Crippen molar-refractivity contribution in [2.24, 2.45) is 5.41 Å². The molecule has 2 saturated heterocycles. The highest BCUT2D eigenvalue weighted by molar-refractivity contribution is 6.76. The van der Waals surface area contributed by atoms with Crippen molar-refractivity contribution >= 4 is 14.0 Å². The molecule has 1 aromatic carbocycles. The summed E-state index contributed by atoms with van der Waals surface area (Å²) in [5.41, 5.74) is 2.64. The van der Waals surface area contributed by atoms with Gasteiger partial charge in [0, 0.05) is 70.1 Å². The van der Waals surface area contributed by atoms with Gasteiger partial charge in [-0.15, -0.1) is 0 Å². The number of benzene rings is 1. The Kier molecular flexibility index (Phi) is 7.92. The number of ether oxygens (including phenoxy) is 2. The Bertz CT molecular complexity index is 957. The van der Waals surface area contributed by atoms with E-state index in [0.717, 1.165) is 62.3 Å².